The number of fused-ring (bicyclic) bond motifs is 7. The first-order chi connectivity index (χ1) is 13.7. The lowest BCUT2D eigenvalue weighted by Crippen LogP contribution is -1.99. The Labute approximate surface area is 180 Å². The van der Waals surface area contributed by atoms with Gasteiger partial charge in [-0.1, -0.05) is 62.5 Å². The molecule has 0 aliphatic carbocycles. The molecule has 0 saturated heterocycles. The Balaban J connectivity index is 1.37. The molecular weight excluding hydrogens is 423 g/mol. The molecule has 0 amide bonds. The summed E-state index contributed by atoms with van der Waals surface area (Å²) in [5, 5.41) is 17.8. The van der Waals surface area contributed by atoms with E-state index in [1.165, 1.54) is 93.8 Å². The molecule has 0 fully saturated rings. The van der Waals surface area contributed by atoms with Crippen molar-refractivity contribution in [2.24, 2.45) is 0 Å². The zero-order valence-corrected chi connectivity index (χ0v) is 19.1. The van der Waals surface area contributed by atoms with Gasteiger partial charge in [-0.05, 0) is 12.5 Å². The molecule has 6 heteroatoms. The molecule has 4 aromatic heterocycles. The van der Waals surface area contributed by atoms with Gasteiger partial charge in [0.25, 0.3) is 0 Å². The van der Waals surface area contributed by atoms with E-state index < -0.39 is 0 Å². The van der Waals surface area contributed by atoms with Crippen molar-refractivity contribution in [3.63, 3.8) is 0 Å². The first-order valence-corrected chi connectivity index (χ1v) is 13.2. The van der Waals surface area contributed by atoms with Gasteiger partial charge in [-0.2, -0.15) is 0 Å². The minimum atomic E-state index is 0.413. The normalized spacial score (nSPS) is 12.2. The average molecular weight is 446 g/mol. The quantitative estimate of drug-likeness (QED) is 0.233. The highest BCUT2D eigenvalue weighted by molar-refractivity contribution is 7.39. The number of hydrogen-bond acceptors (Lipinski definition) is 6. The first kappa shape index (κ1) is 18.7. The number of aromatic hydroxyl groups is 1. The maximum absolute atomic E-state index is 9.79. The van der Waals surface area contributed by atoms with Crippen LogP contribution in [0.5, 0.6) is 5.06 Å². The molecule has 5 rings (SSSR count). The molecular formula is C22H23NOS4. The topological polar surface area (TPSA) is 32.3 Å². The van der Waals surface area contributed by atoms with Crippen molar-refractivity contribution in [1.29, 1.82) is 0 Å². The summed E-state index contributed by atoms with van der Waals surface area (Å²) in [4.78, 5) is 0. The van der Waals surface area contributed by atoms with E-state index in [-0.39, 0.29) is 0 Å². The van der Waals surface area contributed by atoms with Gasteiger partial charge in [0.1, 0.15) is 0 Å². The van der Waals surface area contributed by atoms with E-state index in [0.717, 1.165) is 6.54 Å². The molecule has 1 aromatic carbocycles. The summed E-state index contributed by atoms with van der Waals surface area (Å²) >= 11 is 7.10. The molecule has 0 aliphatic rings. The van der Waals surface area contributed by atoms with E-state index in [2.05, 4.69) is 30.4 Å². The Morgan fingerprint density at radius 1 is 0.750 bits per heavy atom. The monoisotopic (exact) mass is 445 g/mol. The Hall–Kier alpha value is -1.34. The Morgan fingerprint density at radius 3 is 2.14 bits per heavy atom. The molecule has 0 bridgehead atoms. The minimum Gasteiger partial charge on any atom is -0.499 e. The highest BCUT2D eigenvalue weighted by Crippen LogP contribution is 2.49. The Morgan fingerprint density at radius 2 is 1.39 bits per heavy atom. The lowest BCUT2D eigenvalue weighted by Gasteiger charge is -2.03. The molecule has 2 N–H and O–H groups in total. The van der Waals surface area contributed by atoms with Crippen LogP contribution < -0.4 is 5.32 Å². The van der Waals surface area contributed by atoms with Crippen molar-refractivity contribution < 1.29 is 5.11 Å². The van der Waals surface area contributed by atoms with Crippen molar-refractivity contribution in [2.75, 3.05) is 11.9 Å². The minimum absolute atomic E-state index is 0.413. The van der Waals surface area contributed by atoms with E-state index in [1.807, 2.05) is 40.1 Å². The van der Waals surface area contributed by atoms with Crippen LogP contribution in [0.2, 0.25) is 0 Å². The third-order valence-corrected chi connectivity index (χ3v) is 10.1. The highest BCUT2D eigenvalue weighted by Gasteiger charge is 2.16. The van der Waals surface area contributed by atoms with Gasteiger partial charge in [0.2, 0.25) is 0 Å². The van der Waals surface area contributed by atoms with Crippen molar-refractivity contribution in [1.82, 2.24) is 0 Å². The molecule has 146 valence electrons. The lowest BCUT2D eigenvalue weighted by atomic mass is 10.1. The fourth-order valence-electron chi connectivity index (χ4n) is 3.81. The Bertz CT molecular complexity index is 1260. The van der Waals surface area contributed by atoms with E-state index >= 15 is 0 Å². The van der Waals surface area contributed by atoms with Crippen molar-refractivity contribution in [3.05, 3.63) is 24.3 Å². The van der Waals surface area contributed by atoms with Crippen LogP contribution in [-0.4, -0.2) is 11.7 Å². The number of thiophene rings is 4. The molecule has 0 saturated carbocycles. The summed E-state index contributed by atoms with van der Waals surface area (Å²) in [6, 6.07) is 8.74. The summed E-state index contributed by atoms with van der Waals surface area (Å²) in [5.74, 6) is 0. The first-order valence-electron chi connectivity index (χ1n) is 9.98. The van der Waals surface area contributed by atoms with Gasteiger partial charge in [0.05, 0.1) is 28.5 Å². The average Bonchev–Trinajstić information content (AvgIpc) is 3.39. The molecule has 28 heavy (non-hydrogen) atoms. The molecule has 0 radical (unpaired) electrons. The molecule has 0 unspecified atom stereocenters. The fraction of sp³-hybridized carbons (Fsp3) is 0.364. The summed E-state index contributed by atoms with van der Waals surface area (Å²) in [7, 11) is 0. The second-order valence-electron chi connectivity index (χ2n) is 7.30. The summed E-state index contributed by atoms with van der Waals surface area (Å²) < 4.78 is 7.98. The molecule has 2 nitrogen and oxygen atoms in total. The highest BCUT2D eigenvalue weighted by atomic mass is 32.1. The van der Waals surface area contributed by atoms with Crippen LogP contribution in [0.4, 0.5) is 5.00 Å². The van der Waals surface area contributed by atoms with Crippen molar-refractivity contribution >= 4 is 89.3 Å². The predicted molar refractivity (Wildman–Crippen MR) is 132 cm³/mol. The summed E-state index contributed by atoms with van der Waals surface area (Å²) in [6.45, 7) is 3.34. The van der Waals surface area contributed by atoms with Crippen LogP contribution in [0, 0.1) is 0 Å². The van der Waals surface area contributed by atoms with Gasteiger partial charge in [0, 0.05) is 28.1 Å². The van der Waals surface area contributed by atoms with Crippen LogP contribution >= 0.6 is 45.3 Å². The van der Waals surface area contributed by atoms with E-state index in [0.29, 0.717) is 5.06 Å². The second kappa shape index (κ2) is 7.82. The Kier molecular flexibility index (Phi) is 5.22. The zero-order chi connectivity index (χ0) is 19.1. The van der Waals surface area contributed by atoms with Crippen LogP contribution in [0.25, 0.3) is 39.0 Å². The van der Waals surface area contributed by atoms with E-state index in [1.54, 1.807) is 0 Å². The lowest BCUT2D eigenvalue weighted by molar-refractivity contribution is 0.491. The van der Waals surface area contributed by atoms with Crippen LogP contribution in [0.15, 0.2) is 24.3 Å². The van der Waals surface area contributed by atoms with Crippen molar-refractivity contribution in [3.8, 4) is 5.06 Å². The summed E-state index contributed by atoms with van der Waals surface area (Å²) in [5.41, 5.74) is 0. The molecule has 4 heterocycles. The maximum Gasteiger partial charge on any atom is 0.173 e. The fourth-order valence-corrected chi connectivity index (χ4v) is 8.83. The van der Waals surface area contributed by atoms with Crippen LogP contribution in [0.1, 0.15) is 45.4 Å². The molecule has 0 aliphatic heterocycles. The van der Waals surface area contributed by atoms with Gasteiger partial charge < -0.3 is 10.4 Å². The van der Waals surface area contributed by atoms with Gasteiger partial charge >= 0.3 is 0 Å². The zero-order valence-electron chi connectivity index (χ0n) is 15.8. The SMILES string of the molecule is CCCCCCCCNc1cc2sc3c(ccc4c5sc(O)cc5sc43)c2s1. The summed E-state index contributed by atoms with van der Waals surface area (Å²) in [6.07, 6.45) is 8.03. The molecule has 0 spiro atoms. The number of unbranched alkanes of at least 4 members (excludes halogenated alkanes) is 5. The van der Waals surface area contributed by atoms with Gasteiger partial charge in [0.15, 0.2) is 5.06 Å². The number of benzene rings is 1. The van der Waals surface area contributed by atoms with E-state index in [9.17, 15) is 5.11 Å². The maximum atomic E-state index is 9.79. The number of anilines is 1. The smallest absolute Gasteiger partial charge is 0.173 e. The molecule has 5 aromatic rings. The number of hydrogen-bond donors (Lipinski definition) is 2. The third-order valence-electron chi connectivity index (χ3n) is 5.24. The van der Waals surface area contributed by atoms with Crippen LogP contribution in [0.3, 0.4) is 0 Å². The number of nitrogens with one attached hydrogen (secondary N) is 1. The molecule has 0 atom stereocenters. The van der Waals surface area contributed by atoms with Gasteiger partial charge in [-0.3, -0.25) is 0 Å². The van der Waals surface area contributed by atoms with Crippen LogP contribution in [-0.2, 0) is 0 Å². The second-order valence-corrected chi connectivity index (χ2v) is 11.5. The van der Waals surface area contributed by atoms with Gasteiger partial charge in [-0.25, -0.2) is 0 Å². The van der Waals surface area contributed by atoms with Gasteiger partial charge in [-0.15, -0.1) is 34.0 Å². The van der Waals surface area contributed by atoms with E-state index in [4.69, 9.17) is 0 Å². The number of rotatable bonds is 8. The third kappa shape index (κ3) is 3.30. The standard InChI is InChI=1S/C22H23NOS4/c1-2-3-4-5-6-7-10-23-17-11-15-19(27-17)13-8-9-14-20-16(12-18(24)28-20)26-22(14)21(13)25-15/h8-9,11-12,23-24H,2-7,10H2,1H3. The predicted octanol–water partition coefficient (Wildman–Crippen LogP) is 9.02. The van der Waals surface area contributed by atoms with Crippen molar-refractivity contribution in [2.45, 2.75) is 45.4 Å². The largest absolute Gasteiger partial charge is 0.499 e.